The van der Waals surface area contributed by atoms with Crippen molar-refractivity contribution in [1.29, 1.82) is 5.26 Å². The lowest BCUT2D eigenvalue weighted by Gasteiger charge is -2.05. The number of carbonyl (C=O) groups is 1. The van der Waals surface area contributed by atoms with Crippen LogP contribution in [0.1, 0.15) is 5.76 Å². The fourth-order valence-electron chi connectivity index (χ4n) is 1.50. The maximum atomic E-state index is 12.1. The van der Waals surface area contributed by atoms with Crippen LogP contribution in [0.3, 0.4) is 0 Å². The lowest BCUT2D eigenvalue weighted by molar-refractivity contribution is -0.112. The topological polar surface area (TPSA) is 66.0 Å². The highest BCUT2D eigenvalue weighted by Gasteiger charge is 2.12. The summed E-state index contributed by atoms with van der Waals surface area (Å²) in [5.74, 6) is -0.166. The van der Waals surface area contributed by atoms with Gasteiger partial charge in [-0.05, 0) is 40.2 Å². The van der Waals surface area contributed by atoms with Crippen LogP contribution in [0.2, 0.25) is 10.0 Å². The van der Waals surface area contributed by atoms with Gasteiger partial charge in [-0.2, -0.15) is 5.26 Å². The van der Waals surface area contributed by atoms with Crippen LogP contribution in [0.5, 0.6) is 0 Å². The first-order valence-electron chi connectivity index (χ1n) is 5.73. The van der Waals surface area contributed by atoms with Gasteiger partial charge in [0.15, 0.2) is 3.77 Å². The van der Waals surface area contributed by atoms with Gasteiger partial charge < -0.3 is 9.73 Å². The number of nitriles is 1. The Morgan fingerprint density at radius 3 is 2.64 bits per heavy atom. The maximum Gasteiger partial charge on any atom is 0.266 e. The lowest BCUT2D eigenvalue weighted by Crippen LogP contribution is -2.13. The van der Waals surface area contributed by atoms with Gasteiger partial charge in [0.05, 0.1) is 14.5 Å². The van der Waals surface area contributed by atoms with Gasteiger partial charge in [-0.15, -0.1) is 0 Å². The van der Waals surface area contributed by atoms with E-state index in [1.807, 2.05) is 28.7 Å². The molecule has 0 bridgehead atoms. The molecule has 0 fully saturated rings. The first-order valence-corrected chi connectivity index (χ1v) is 8.36. The fraction of sp³-hybridized carbons (Fsp3) is 0. The van der Waals surface area contributed by atoms with Crippen LogP contribution in [0.25, 0.3) is 6.08 Å². The number of nitrogens with zero attached hydrogens (tertiary/aromatic N) is 1. The zero-order valence-corrected chi connectivity index (χ0v) is 15.9. The molecule has 2 rings (SSSR count). The summed E-state index contributed by atoms with van der Waals surface area (Å²) in [6.07, 6.45) is 1.36. The predicted molar refractivity (Wildman–Crippen MR) is 97.8 cm³/mol. The van der Waals surface area contributed by atoms with E-state index in [2.05, 4.69) is 21.2 Å². The van der Waals surface area contributed by atoms with Crippen molar-refractivity contribution in [3.05, 3.63) is 53.9 Å². The Hall–Kier alpha value is -1.01. The molecule has 0 aliphatic rings. The highest BCUT2D eigenvalue weighted by atomic mass is 127. The molecule has 1 aromatic carbocycles. The summed E-state index contributed by atoms with van der Waals surface area (Å²) in [6.45, 7) is 0. The summed E-state index contributed by atoms with van der Waals surface area (Å²) in [5.41, 5.74) is 0.347. The number of nitrogens with one attached hydrogen (secondary N) is 1. The smallest absolute Gasteiger partial charge is 0.266 e. The Labute approximate surface area is 158 Å². The molecule has 0 radical (unpaired) electrons. The minimum atomic E-state index is -0.566. The molecule has 4 nitrogen and oxygen atoms in total. The average molecular weight is 512 g/mol. The standard InChI is InChI=1S/C14H6BrCl2IN2O2/c15-10-5-9(22-13(10)18)3-7(6-19)14(21)20-8-1-2-11(16)12(17)4-8/h1-5H,(H,20,21)/b7-3-. The fourth-order valence-corrected chi connectivity index (χ4v) is 2.51. The average Bonchev–Trinajstić information content (AvgIpc) is 2.78. The number of anilines is 1. The van der Waals surface area contributed by atoms with Crippen LogP contribution in [0, 0.1) is 15.1 Å². The number of carbonyl (C=O) groups excluding carboxylic acids is 1. The molecule has 1 heterocycles. The molecule has 1 N–H and O–H groups in total. The van der Waals surface area contributed by atoms with Gasteiger partial charge in [0.25, 0.3) is 5.91 Å². The maximum absolute atomic E-state index is 12.1. The molecule has 112 valence electrons. The number of halogens is 4. The van der Waals surface area contributed by atoms with Crippen molar-refractivity contribution in [2.45, 2.75) is 0 Å². The first kappa shape index (κ1) is 17.3. The van der Waals surface area contributed by atoms with Gasteiger partial charge in [-0.25, -0.2) is 0 Å². The summed E-state index contributed by atoms with van der Waals surface area (Å²) >= 11 is 17.0. The summed E-state index contributed by atoms with van der Waals surface area (Å²) in [5, 5.41) is 12.4. The molecule has 22 heavy (non-hydrogen) atoms. The monoisotopic (exact) mass is 510 g/mol. The number of rotatable bonds is 3. The van der Waals surface area contributed by atoms with Gasteiger partial charge >= 0.3 is 0 Å². The van der Waals surface area contributed by atoms with E-state index in [0.717, 1.165) is 4.47 Å². The van der Waals surface area contributed by atoms with Crippen molar-refractivity contribution in [3.63, 3.8) is 0 Å². The molecule has 0 aliphatic heterocycles. The highest BCUT2D eigenvalue weighted by molar-refractivity contribution is 14.1. The quantitative estimate of drug-likeness (QED) is 0.336. The van der Waals surface area contributed by atoms with Crippen LogP contribution < -0.4 is 5.32 Å². The van der Waals surface area contributed by atoms with Gasteiger partial charge in [-0.3, -0.25) is 4.79 Å². The normalized spacial score (nSPS) is 11.1. The van der Waals surface area contributed by atoms with Gasteiger partial charge in [0.2, 0.25) is 0 Å². The molecule has 0 saturated heterocycles. The summed E-state index contributed by atoms with van der Waals surface area (Å²) in [4.78, 5) is 12.1. The lowest BCUT2D eigenvalue weighted by atomic mass is 10.2. The third kappa shape index (κ3) is 4.26. The number of amides is 1. The van der Waals surface area contributed by atoms with Gasteiger partial charge in [0.1, 0.15) is 17.4 Å². The Bertz CT molecular complexity index is 792. The van der Waals surface area contributed by atoms with Crippen LogP contribution in [0.4, 0.5) is 5.69 Å². The number of hydrogen-bond donors (Lipinski definition) is 1. The Morgan fingerprint density at radius 1 is 1.36 bits per heavy atom. The van der Waals surface area contributed by atoms with Crippen molar-refractivity contribution in [1.82, 2.24) is 0 Å². The zero-order chi connectivity index (χ0) is 16.3. The minimum Gasteiger partial charge on any atom is -0.450 e. The Morgan fingerprint density at radius 2 is 2.09 bits per heavy atom. The first-order chi connectivity index (χ1) is 10.4. The summed E-state index contributed by atoms with van der Waals surface area (Å²) in [6, 6.07) is 8.16. The highest BCUT2D eigenvalue weighted by Crippen LogP contribution is 2.26. The molecule has 8 heteroatoms. The molecule has 2 aromatic rings. The van der Waals surface area contributed by atoms with Crippen molar-refractivity contribution in [2.24, 2.45) is 0 Å². The molecular weight excluding hydrogens is 506 g/mol. The molecular formula is C14H6BrCl2IN2O2. The van der Waals surface area contributed by atoms with Crippen molar-refractivity contribution in [2.75, 3.05) is 5.32 Å². The Kier molecular flexibility index (Phi) is 5.92. The Balaban J connectivity index is 2.22. The van der Waals surface area contributed by atoms with Crippen LogP contribution in [0.15, 0.2) is 38.7 Å². The molecule has 1 amide bonds. The largest absolute Gasteiger partial charge is 0.450 e. The summed E-state index contributed by atoms with van der Waals surface area (Å²) < 4.78 is 6.76. The molecule has 0 atom stereocenters. The van der Waals surface area contributed by atoms with E-state index >= 15 is 0 Å². The molecule has 0 unspecified atom stereocenters. The second kappa shape index (κ2) is 7.51. The second-order valence-electron chi connectivity index (χ2n) is 4.02. The van der Waals surface area contributed by atoms with E-state index in [0.29, 0.717) is 25.3 Å². The van der Waals surface area contributed by atoms with E-state index in [1.54, 1.807) is 18.2 Å². The molecule has 0 saturated carbocycles. The van der Waals surface area contributed by atoms with Gasteiger partial charge in [-0.1, -0.05) is 23.2 Å². The molecule has 1 aromatic heterocycles. The van der Waals surface area contributed by atoms with E-state index in [-0.39, 0.29) is 5.57 Å². The van der Waals surface area contributed by atoms with Crippen molar-refractivity contribution in [3.8, 4) is 6.07 Å². The van der Waals surface area contributed by atoms with E-state index in [9.17, 15) is 4.79 Å². The zero-order valence-electron chi connectivity index (χ0n) is 10.7. The minimum absolute atomic E-state index is 0.0938. The van der Waals surface area contributed by atoms with Crippen LogP contribution in [-0.4, -0.2) is 5.91 Å². The van der Waals surface area contributed by atoms with Crippen LogP contribution in [-0.2, 0) is 4.79 Å². The number of benzene rings is 1. The van der Waals surface area contributed by atoms with Crippen LogP contribution >= 0.6 is 61.7 Å². The van der Waals surface area contributed by atoms with E-state index < -0.39 is 5.91 Å². The van der Waals surface area contributed by atoms with Crippen molar-refractivity contribution >= 4 is 79.4 Å². The predicted octanol–water partition coefficient (Wildman–Crippen LogP) is 5.50. The summed E-state index contributed by atoms with van der Waals surface area (Å²) in [7, 11) is 0. The third-order valence-electron chi connectivity index (χ3n) is 2.49. The van der Waals surface area contributed by atoms with Gasteiger partial charge in [0, 0.05) is 34.4 Å². The third-order valence-corrected chi connectivity index (χ3v) is 5.36. The molecule has 0 spiro atoms. The number of hydrogen-bond acceptors (Lipinski definition) is 3. The number of furan rings is 1. The van der Waals surface area contributed by atoms with E-state index in [1.165, 1.54) is 12.1 Å². The van der Waals surface area contributed by atoms with Crippen molar-refractivity contribution < 1.29 is 9.21 Å². The second-order valence-corrected chi connectivity index (χ2v) is 6.67. The van der Waals surface area contributed by atoms with E-state index in [4.69, 9.17) is 32.9 Å². The SMILES string of the molecule is N#C/C(=C/c1cc(Br)c(I)o1)C(=O)Nc1ccc(Cl)c(Cl)c1. The molecule has 0 aliphatic carbocycles.